The van der Waals surface area contributed by atoms with E-state index in [0.717, 1.165) is 77.9 Å². The van der Waals surface area contributed by atoms with E-state index in [1.165, 1.54) is 12.1 Å². The van der Waals surface area contributed by atoms with Crippen LogP contribution in [0.2, 0.25) is 0 Å². The zero-order valence-corrected chi connectivity index (χ0v) is 37.6. The van der Waals surface area contributed by atoms with E-state index >= 15 is 0 Å². The van der Waals surface area contributed by atoms with Gasteiger partial charge in [-0.25, -0.2) is 14.8 Å². The first kappa shape index (κ1) is 43.2. The maximum Gasteiger partial charge on any atom is 0.416 e. The predicted octanol–water partition coefficient (Wildman–Crippen LogP) is 17.0. The fourth-order valence-corrected chi connectivity index (χ4v) is 9.30. The molecular formula is C62H38F3N5. The third-order valence-corrected chi connectivity index (χ3v) is 12.7. The van der Waals surface area contributed by atoms with Gasteiger partial charge in [-0.15, -0.1) is 0 Å². The average molecular weight is 910 g/mol. The van der Waals surface area contributed by atoms with Crippen molar-refractivity contribution in [2.75, 3.05) is 0 Å². The van der Waals surface area contributed by atoms with Gasteiger partial charge in [-0.3, -0.25) is 0 Å². The van der Waals surface area contributed by atoms with E-state index < -0.39 is 11.7 Å². The van der Waals surface area contributed by atoms with Crippen molar-refractivity contribution in [1.82, 2.24) is 14.5 Å². The number of rotatable bonds is 8. The summed E-state index contributed by atoms with van der Waals surface area (Å²) in [5.41, 5.74) is 13.7. The number of fused-ring (bicyclic) bond motifs is 3. The van der Waals surface area contributed by atoms with Crippen molar-refractivity contribution in [2.24, 2.45) is 0 Å². The lowest BCUT2D eigenvalue weighted by Gasteiger charge is -2.22. The van der Waals surface area contributed by atoms with Gasteiger partial charge in [-0.05, 0) is 107 Å². The quantitative estimate of drug-likeness (QED) is 0.143. The summed E-state index contributed by atoms with van der Waals surface area (Å²) in [5, 5.41) is 11.4. The number of alkyl halides is 3. The number of aromatic nitrogens is 3. The van der Waals surface area contributed by atoms with Crippen molar-refractivity contribution in [3.8, 4) is 90.2 Å². The van der Waals surface area contributed by atoms with Crippen LogP contribution in [0.15, 0.2) is 212 Å². The first-order chi connectivity index (χ1) is 34.1. The molecule has 11 aromatic rings. The standard InChI is InChI=1S/C62H38F3N5/c1-39-11-9-16-47(31-39)52-35-49(61-68-56(43-12-5-3-6-13-43)37-57(69-61)44-14-7-4-8-15-44)36-53(48-17-10-18-50(32-48)62(63,64)65)60(52)70-58-29-25-45(41-21-19-40(38-66)20-22-41)33-54(58)55-34-46(26-30-59(55)70)42-23-27-51(67-2)28-24-42/h3-37H,1H3. The molecule has 0 saturated carbocycles. The molecule has 0 amide bonds. The highest BCUT2D eigenvalue weighted by molar-refractivity contribution is 6.13. The number of hydrogen-bond acceptors (Lipinski definition) is 3. The van der Waals surface area contributed by atoms with E-state index in [1.807, 2.05) is 134 Å². The lowest BCUT2D eigenvalue weighted by atomic mass is 9.91. The molecule has 5 nitrogen and oxygen atoms in total. The summed E-state index contributed by atoms with van der Waals surface area (Å²) in [4.78, 5) is 14.0. The molecular weight excluding hydrogens is 872 g/mol. The summed E-state index contributed by atoms with van der Waals surface area (Å²) in [6, 6.07) is 69.0. The molecule has 0 aliphatic rings. The van der Waals surface area contributed by atoms with Crippen LogP contribution in [-0.4, -0.2) is 14.5 Å². The smallest absolute Gasteiger partial charge is 0.308 e. The molecule has 0 aliphatic carbocycles. The van der Waals surface area contributed by atoms with Crippen LogP contribution < -0.4 is 0 Å². The Morgan fingerprint density at radius 1 is 0.486 bits per heavy atom. The Bertz CT molecular complexity index is 3710. The maximum absolute atomic E-state index is 14.8. The maximum atomic E-state index is 14.8. The van der Waals surface area contributed by atoms with Gasteiger partial charge >= 0.3 is 6.18 Å². The predicted molar refractivity (Wildman–Crippen MR) is 275 cm³/mol. The monoisotopic (exact) mass is 909 g/mol. The van der Waals surface area contributed by atoms with Gasteiger partial charge in [0.05, 0.1) is 51.9 Å². The van der Waals surface area contributed by atoms with Crippen molar-refractivity contribution in [2.45, 2.75) is 13.1 Å². The minimum atomic E-state index is -4.61. The Morgan fingerprint density at radius 3 is 1.50 bits per heavy atom. The largest absolute Gasteiger partial charge is 0.416 e. The molecule has 0 bridgehead atoms. The molecule has 0 radical (unpaired) electrons. The summed E-state index contributed by atoms with van der Waals surface area (Å²) in [6.45, 7) is 9.55. The minimum absolute atomic E-state index is 0.365. The van der Waals surface area contributed by atoms with Crippen LogP contribution in [0.25, 0.3) is 111 Å². The molecule has 2 heterocycles. The molecule has 0 N–H and O–H groups in total. The summed E-state index contributed by atoms with van der Waals surface area (Å²) >= 11 is 0. The average Bonchev–Trinajstić information content (AvgIpc) is 3.73. The van der Waals surface area contributed by atoms with E-state index in [0.29, 0.717) is 50.8 Å². The van der Waals surface area contributed by atoms with Crippen LogP contribution in [0.5, 0.6) is 0 Å². The van der Waals surface area contributed by atoms with Crippen LogP contribution >= 0.6 is 0 Å². The highest BCUT2D eigenvalue weighted by Crippen LogP contribution is 2.46. The molecule has 0 spiro atoms. The van der Waals surface area contributed by atoms with Crippen molar-refractivity contribution >= 4 is 27.5 Å². The summed E-state index contributed by atoms with van der Waals surface area (Å²) in [7, 11) is 0. The van der Waals surface area contributed by atoms with Crippen molar-refractivity contribution in [1.29, 1.82) is 5.26 Å². The van der Waals surface area contributed by atoms with Crippen LogP contribution in [0.4, 0.5) is 18.9 Å². The number of benzene rings is 9. The molecule has 0 saturated heterocycles. The first-order valence-corrected chi connectivity index (χ1v) is 22.6. The van der Waals surface area contributed by atoms with Gasteiger partial charge in [0.1, 0.15) is 0 Å². The summed E-state index contributed by atoms with van der Waals surface area (Å²) < 4.78 is 46.6. The Hall–Kier alpha value is -9.37. The second-order valence-corrected chi connectivity index (χ2v) is 17.2. The number of hydrogen-bond donors (Lipinski definition) is 0. The summed E-state index contributed by atoms with van der Waals surface area (Å²) in [5.74, 6) is 0.414. The molecule has 0 aliphatic heterocycles. The van der Waals surface area contributed by atoms with E-state index in [1.54, 1.807) is 30.3 Å². The number of nitrogens with zero attached hydrogens (tertiary/aromatic N) is 5. The van der Waals surface area contributed by atoms with Gasteiger partial charge in [-0.2, -0.15) is 18.4 Å². The van der Waals surface area contributed by atoms with E-state index in [4.69, 9.17) is 16.5 Å². The molecule has 70 heavy (non-hydrogen) atoms. The molecule has 11 rings (SSSR count). The Kier molecular flexibility index (Phi) is 10.9. The summed E-state index contributed by atoms with van der Waals surface area (Å²) in [6.07, 6.45) is -4.61. The van der Waals surface area contributed by atoms with Gasteiger partial charge in [0.25, 0.3) is 0 Å². The molecule has 8 heteroatoms. The van der Waals surface area contributed by atoms with Gasteiger partial charge in [-0.1, -0.05) is 151 Å². The van der Waals surface area contributed by atoms with E-state index in [2.05, 4.69) is 51.9 Å². The second kappa shape index (κ2) is 17.7. The number of aryl methyl sites for hydroxylation is 1. The number of halogens is 3. The molecule has 0 unspecified atom stereocenters. The van der Waals surface area contributed by atoms with Crippen LogP contribution in [0.3, 0.4) is 0 Å². The van der Waals surface area contributed by atoms with Crippen LogP contribution in [0.1, 0.15) is 16.7 Å². The first-order valence-electron chi connectivity index (χ1n) is 22.6. The van der Waals surface area contributed by atoms with Crippen LogP contribution in [-0.2, 0) is 6.18 Å². The topological polar surface area (TPSA) is 58.9 Å². The Labute approximate surface area is 402 Å². The Balaban J connectivity index is 1.26. The third kappa shape index (κ3) is 8.14. The van der Waals surface area contributed by atoms with Gasteiger partial charge in [0.2, 0.25) is 0 Å². The Morgan fingerprint density at radius 2 is 0.986 bits per heavy atom. The second-order valence-electron chi connectivity index (χ2n) is 17.2. The van der Waals surface area contributed by atoms with E-state index in [9.17, 15) is 18.4 Å². The lowest BCUT2D eigenvalue weighted by molar-refractivity contribution is -0.137. The fourth-order valence-electron chi connectivity index (χ4n) is 9.30. The van der Waals surface area contributed by atoms with Gasteiger partial charge < -0.3 is 4.57 Å². The minimum Gasteiger partial charge on any atom is -0.308 e. The highest BCUT2D eigenvalue weighted by Gasteiger charge is 2.31. The van der Waals surface area contributed by atoms with Gasteiger partial charge in [0, 0.05) is 38.6 Å². The number of nitriles is 1. The highest BCUT2D eigenvalue weighted by atomic mass is 19.4. The zero-order valence-electron chi connectivity index (χ0n) is 37.6. The normalized spacial score (nSPS) is 11.4. The van der Waals surface area contributed by atoms with Crippen molar-refractivity contribution in [3.63, 3.8) is 0 Å². The zero-order chi connectivity index (χ0) is 47.9. The molecule has 0 fully saturated rings. The van der Waals surface area contributed by atoms with Gasteiger partial charge in [0.15, 0.2) is 11.5 Å². The molecule has 9 aromatic carbocycles. The fraction of sp³-hybridized carbons (Fsp3) is 0.0323. The molecule has 2 aromatic heterocycles. The van der Waals surface area contributed by atoms with Crippen molar-refractivity contribution < 1.29 is 13.2 Å². The van der Waals surface area contributed by atoms with E-state index in [-0.39, 0.29) is 0 Å². The van der Waals surface area contributed by atoms with Crippen LogP contribution in [0, 0.1) is 24.8 Å². The lowest BCUT2D eigenvalue weighted by Crippen LogP contribution is -2.06. The third-order valence-electron chi connectivity index (χ3n) is 12.7. The SMILES string of the molecule is [C-]#[N+]c1ccc(-c2ccc3c(c2)c2cc(-c4ccc(C#N)cc4)ccc2n3-c2c(-c3cccc(C)c3)cc(-c3nc(-c4ccccc4)cc(-c4ccccc4)n3)cc2-c2cccc(C(F)(F)F)c2)cc1. The molecule has 332 valence electrons. The van der Waals surface area contributed by atoms with Crippen molar-refractivity contribution in [3.05, 3.63) is 240 Å². The molecule has 0 atom stereocenters.